The van der Waals surface area contributed by atoms with Gasteiger partial charge in [-0.05, 0) is 78.2 Å². The number of benzene rings is 2. The van der Waals surface area contributed by atoms with Gasteiger partial charge in [0.15, 0.2) is 0 Å². The molecule has 0 bridgehead atoms. The number of amides is 1. The predicted molar refractivity (Wildman–Crippen MR) is 110 cm³/mol. The highest BCUT2D eigenvalue weighted by Gasteiger charge is 2.25. The lowest BCUT2D eigenvalue weighted by Crippen LogP contribution is -2.45. The van der Waals surface area contributed by atoms with Gasteiger partial charge in [-0.25, -0.2) is 10.9 Å². The molecule has 0 aliphatic carbocycles. The molecule has 1 saturated heterocycles. The Bertz CT molecular complexity index is 976. The Labute approximate surface area is 159 Å². The Morgan fingerprint density at radius 2 is 1.93 bits per heavy atom. The standard InChI is InChI=1S/C22H26N4O/c1-15-2-5-20(26(23)22(27)17-7-9-24-10-8-17)13-21(15)18-4-3-16-6-11-25-14-19(16)12-18/h2-6,12-14,17,24-25H,7-11,23H2,1H3. The number of nitrogens with two attached hydrogens (primary N) is 1. The first-order valence-corrected chi connectivity index (χ1v) is 9.58. The molecule has 2 aliphatic heterocycles. The Hall–Kier alpha value is -2.63. The number of nitrogens with zero attached hydrogens (tertiary/aromatic N) is 1. The first-order valence-electron chi connectivity index (χ1n) is 9.58. The fourth-order valence-corrected chi connectivity index (χ4v) is 3.85. The van der Waals surface area contributed by atoms with Crippen molar-refractivity contribution in [3.05, 3.63) is 52.4 Å². The molecule has 0 aromatic heterocycles. The van der Waals surface area contributed by atoms with Crippen molar-refractivity contribution < 1.29 is 4.79 Å². The van der Waals surface area contributed by atoms with Crippen LogP contribution in [0.3, 0.4) is 0 Å². The number of hydrogen-bond donors (Lipinski definition) is 3. The summed E-state index contributed by atoms with van der Waals surface area (Å²) in [7, 11) is 0. The summed E-state index contributed by atoms with van der Waals surface area (Å²) in [5.41, 5.74) is 4.13. The van der Waals surface area contributed by atoms with E-state index in [2.05, 4.69) is 41.8 Å². The van der Waals surface area contributed by atoms with Crippen molar-refractivity contribution in [2.24, 2.45) is 11.8 Å². The van der Waals surface area contributed by atoms with Crippen LogP contribution in [0.5, 0.6) is 0 Å². The summed E-state index contributed by atoms with van der Waals surface area (Å²) < 4.78 is 0. The van der Waals surface area contributed by atoms with Crippen LogP contribution in [0.25, 0.3) is 23.4 Å². The van der Waals surface area contributed by atoms with Crippen LogP contribution in [-0.2, 0) is 4.79 Å². The fourth-order valence-electron chi connectivity index (χ4n) is 3.85. The first kappa shape index (κ1) is 17.8. The second kappa shape index (κ2) is 7.55. The van der Waals surface area contributed by atoms with Crippen LogP contribution in [-0.4, -0.2) is 25.5 Å². The van der Waals surface area contributed by atoms with Gasteiger partial charge >= 0.3 is 0 Å². The SMILES string of the molecule is Cc1ccc(N(N)C(=O)C2CCNCC2)cc1-c1ccc2c(c1)=CNCC=2. The fraction of sp³-hybridized carbons (Fsp3) is 0.318. The number of hydrogen-bond acceptors (Lipinski definition) is 4. The highest BCUT2D eigenvalue weighted by Crippen LogP contribution is 2.28. The summed E-state index contributed by atoms with van der Waals surface area (Å²) in [6.07, 6.45) is 5.92. The lowest BCUT2D eigenvalue weighted by molar-refractivity contribution is -0.123. The minimum atomic E-state index is 0.000888. The third-order valence-electron chi connectivity index (χ3n) is 5.52. The number of rotatable bonds is 3. The zero-order valence-corrected chi connectivity index (χ0v) is 15.7. The van der Waals surface area contributed by atoms with E-state index in [0.29, 0.717) is 0 Å². The summed E-state index contributed by atoms with van der Waals surface area (Å²) in [6.45, 7) is 4.70. The van der Waals surface area contributed by atoms with Crippen LogP contribution in [0.1, 0.15) is 18.4 Å². The number of nitrogens with one attached hydrogen (secondary N) is 2. The van der Waals surface area contributed by atoms with Gasteiger partial charge in [0.1, 0.15) is 0 Å². The normalized spacial score (nSPS) is 16.5. The van der Waals surface area contributed by atoms with Crippen LogP contribution in [0, 0.1) is 12.8 Å². The number of anilines is 1. The van der Waals surface area contributed by atoms with E-state index in [-0.39, 0.29) is 11.8 Å². The molecule has 1 fully saturated rings. The van der Waals surface area contributed by atoms with Gasteiger partial charge in [-0.3, -0.25) is 4.79 Å². The molecule has 5 heteroatoms. The van der Waals surface area contributed by atoms with Crippen molar-refractivity contribution >= 4 is 23.9 Å². The Balaban J connectivity index is 1.66. The Morgan fingerprint density at radius 1 is 1.11 bits per heavy atom. The van der Waals surface area contributed by atoms with Crippen molar-refractivity contribution in [1.29, 1.82) is 0 Å². The van der Waals surface area contributed by atoms with Crippen molar-refractivity contribution in [2.45, 2.75) is 19.8 Å². The minimum Gasteiger partial charge on any atom is -0.387 e. The van der Waals surface area contributed by atoms with Crippen LogP contribution in [0.4, 0.5) is 5.69 Å². The molecule has 2 aromatic rings. The van der Waals surface area contributed by atoms with Gasteiger partial charge in [0.2, 0.25) is 5.91 Å². The van der Waals surface area contributed by atoms with Crippen molar-refractivity contribution in [3.63, 3.8) is 0 Å². The van der Waals surface area contributed by atoms with E-state index in [1.54, 1.807) is 0 Å². The maximum absolute atomic E-state index is 12.8. The van der Waals surface area contributed by atoms with E-state index in [4.69, 9.17) is 5.84 Å². The predicted octanol–water partition coefficient (Wildman–Crippen LogP) is 0.990. The topological polar surface area (TPSA) is 70.4 Å². The number of carbonyl (C=O) groups excluding carboxylic acids is 1. The Kier molecular flexibility index (Phi) is 4.97. The van der Waals surface area contributed by atoms with Gasteiger partial charge in [-0.1, -0.05) is 24.3 Å². The van der Waals surface area contributed by atoms with Crippen LogP contribution in [0.15, 0.2) is 36.4 Å². The number of hydrazine groups is 1. The number of carbonyl (C=O) groups is 1. The van der Waals surface area contributed by atoms with Crippen LogP contribution >= 0.6 is 0 Å². The molecular weight excluding hydrogens is 336 g/mol. The third-order valence-corrected chi connectivity index (χ3v) is 5.52. The maximum Gasteiger partial charge on any atom is 0.244 e. The molecule has 2 aliphatic rings. The number of fused-ring (bicyclic) bond motifs is 1. The molecule has 0 unspecified atom stereocenters. The van der Waals surface area contributed by atoms with E-state index < -0.39 is 0 Å². The first-order chi connectivity index (χ1) is 13.1. The summed E-state index contributed by atoms with van der Waals surface area (Å²) in [4.78, 5) is 12.8. The molecule has 2 aromatic carbocycles. The molecule has 5 nitrogen and oxygen atoms in total. The van der Waals surface area contributed by atoms with Gasteiger partial charge in [0.05, 0.1) is 5.69 Å². The highest BCUT2D eigenvalue weighted by atomic mass is 16.2. The monoisotopic (exact) mass is 362 g/mol. The second-order valence-corrected chi connectivity index (χ2v) is 7.33. The van der Waals surface area contributed by atoms with E-state index in [1.807, 2.05) is 24.4 Å². The zero-order chi connectivity index (χ0) is 18.8. The van der Waals surface area contributed by atoms with Gasteiger partial charge < -0.3 is 10.6 Å². The maximum atomic E-state index is 12.8. The molecular formula is C22H26N4O. The number of piperidine rings is 1. The average molecular weight is 362 g/mol. The number of aryl methyl sites for hydroxylation is 1. The molecule has 27 heavy (non-hydrogen) atoms. The summed E-state index contributed by atoms with van der Waals surface area (Å²) in [5.74, 6) is 6.22. The summed E-state index contributed by atoms with van der Waals surface area (Å²) in [5, 5.41) is 10.3. The van der Waals surface area contributed by atoms with Crippen LogP contribution in [0.2, 0.25) is 0 Å². The van der Waals surface area contributed by atoms with E-state index in [0.717, 1.165) is 54.9 Å². The van der Waals surface area contributed by atoms with Gasteiger partial charge in [0.25, 0.3) is 0 Å². The largest absolute Gasteiger partial charge is 0.387 e. The quantitative estimate of drug-likeness (QED) is 0.433. The third kappa shape index (κ3) is 3.61. The summed E-state index contributed by atoms with van der Waals surface area (Å²) in [6, 6.07) is 12.5. The van der Waals surface area contributed by atoms with E-state index in [1.165, 1.54) is 15.4 Å². The second-order valence-electron chi connectivity index (χ2n) is 7.33. The molecule has 2 heterocycles. The smallest absolute Gasteiger partial charge is 0.244 e. The van der Waals surface area contributed by atoms with Gasteiger partial charge in [-0.2, -0.15) is 0 Å². The molecule has 4 N–H and O–H groups in total. The summed E-state index contributed by atoms with van der Waals surface area (Å²) >= 11 is 0. The minimum absolute atomic E-state index is 0.000888. The van der Waals surface area contributed by atoms with E-state index in [9.17, 15) is 4.79 Å². The van der Waals surface area contributed by atoms with Crippen molar-refractivity contribution in [3.8, 4) is 11.1 Å². The molecule has 1 amide bonds. The molecule has 0 radical (unpaired) electrons. The van der Waals surface area contributed by atoms with E-state index >= 15 is 0 Å². The lowest BCUT2D eigenvalue weighted by Gasteiger charge is -2.27. The lowest BCUT2D eigenvalue weighted by atomic mass is 9.96. The van der Waals surface area contributed by atoms with Crippen LogP contribution < -0.4 is 31.9 Å². The molecule has 4 rings (SSSR count). The molecule has 140 valence electrons. The zero-order valence-electron chi connectivity index (χ0n) is 15.7. The van der Waals surface area contributed by atoms with Crippen molar-refractivity contribution in [1.82, 2.24) is 10.6 Å². The molecule has 0 atom stereocenters. The highest BCUT2D eigenvalue weighted by molar-refractivity contribution is 5.94. The molecule has 0 saturated carbocycles. The average Bonchev–Trinajstić information content (AvgIpc) is 2.73. The Morgan fingerprint density at radius 3 is 2.74 bits per heavy atom. The van der Waals surface area contributed by atoms with Gasteiger partial charge in [-0.15, -0.1) is 0 Å². The van der Waals surface area contributed by atoms with Gasteiger partial charge in [0, 0.05) is 18.7 Å². The van der Waals surface area contributed by atoms with Crippen molar-refractivity contribution in [2.75, 3.05) is 24.6 Å². The molecule has 0 spiro atoms.